The molecule has 0 saturated carbocycles. The minimum Gasteiger partial charge on any atom is -0.401 e. The molecule has 0 aliphatic heterocycles. The molecule has 0 radical (unpaired) electrons. The standard InChI is InChI=1S/C4H12BNO3/c1-2-3-4-6-9-5(7)8/h6-8H,2-4H2,1H3. The molecule has 54 valence electrons. The molecule has 5 heteroatoms. The normalized spacial score (nSPS) is 9.67. The zero-order valence-corrected chi connectivity index (χ0v) is 5.50. The van der Waals surface area contributed by atoms with Crippen molar-refractivity contribution in [3.63, 3.8) is 0 Å². The highest BCUT2D eigenvalue weighted by Crippen LogP contribution is 1.81. The van der Waals surface area contributed by atoms with E-state index < -0.39 is 7.32 Å². The summed E-state index contributed by atoms with van der Waals surface area (Å²) in [6, 6.07) is 0. The van der Waals surface area contributed by atoms with Crippen molar-refractivity contribution >= 4 is 7.32 Å². The van der Waals surface area contributed by atoms with Crippen molar-refractivity contribution in [2.75, 3.05) is 6.54 Å². The van der Waals surface area contributed by atoms with Gasteiger partial charge < -0.3 is 14.8 Å². The molecule has 0 saturated heterocycles. The van der Waals surface area contributed by atoms with Crippen LogP contribution in [0.4, 0.5) is 0 Å². The second kappa shape index (κ2) is 6.03. The first-order chi connectivity index (χ1) is 4.27. The Morgan fingerprint density at radius 2 is 2.22 bits per heavy atom. The Bertz CT molecular complexity index is 61.8. The number of unbranched alkanes of at least 4 members (excludes halogenated alkanes) is 1. The van der Waals surface area contributed by atoms with Crippen molar-refractivity contribution in [1.82, 2.24) is 5.48 Å². The number of rotatable bonds is 5. The lowest BCUT2D eigenvalue weighted by Gasteiger charge is -2.01. The molecule has 0 fully saturated rings. The van der Waals surface area contributed by atoms with Crippen molar-refractivity contribution in [3.8, 4) is 0 Å². The van der Waals surface area contributed by atoms with Crippen molar-refractivity contribution in [2.24, 2.45) is 0 Å². The molecule has 0 aliphatic rings. The summed E-state index contributed by atoms with van der Waals surface area (Å²) in [5.74, 6) is 0. The third kappa shape index (κ3) is 7.90. The van der Waals surface area contributed by atoms with Crippen LogP contribution in [0.1, 0.15) is 19.8 Å². The van der Waals surface area contributed by atoms with E-state index in [1.54, 1.807) is 0 Å². The first-order valence-corrected chi connectivity index (χ1v) is 3.02. The molecule has 0 spiro atoms. The predicted molar refractivity (Wildman–Crippen MR) is 34.2 cm³/mol. The molecular formula is C4H12BNO3. The van der Waals surface area contributed by atoms with E-state index in [2.05, 4.69) is 10.2 Å². The predicted octanol–water partition coefficient (Wildman–Crippen LogP) is -0.723. The van der Waals surface area contributed by atoms with Gasteiger partial charge in [-0.05, 0) is 6.42 Å². The monoisotopic (exact) mass is 133 g/mol. The summed E-state index contributed by atoms with van der Waals surface area (Å²) in [6.45, 7) is 2.69. The lowest BCUT2D eigenvalue weighted by molar-refractivity contribution is 0.108. The zero-order chi connectivity index (χ0) is 7.11. The first-order valence-electron chi connectivity index (χ1n) is 3.02. The smallest absolute Gasteiger partial charge is 0.401 e. The van der Waals surface area contributed by atoms with E-state index in [4.69, 9.17) is 10.0 Å². The lowest BCUT2D eigenvalue weighted by atomic mass is 10.3. The molecule has 0 aliphatic carbocycles. The Morgan fingerprint density at radius 1 is 1.56 bits per heavy atom. The van der Waals surface area contributed by atoms with Gasteiger partial charge in [0.2, 0.25) is 0 Å². The maximum absolute atomic E-state index is 8.12. The Hall–Kier alpha value is -0.0951. The molecule has 0 heterocycles. The summed E-state index contributed by atoms with van der Waals surface area (Å²) in [4.78, 5) is 0. The topological polar surface area (TPSA) is 61.7 Å². The maximum atomic E-state index is 8.12. The number of hydrogen-bond donors (Lipinski definition) is 3. The van der Waals surface area contributed by atoms with Crippen LogP contribution in [0, 0.1) is 0 Å². The molecule has 0 aromatic rings. The van der Waals surface area contributed by atoms with Gasteiger partial charge in [-0.25, -0.2) is 5.48 Å². The quantitative estimate of drug-likeness (QED) is 0.263. The highest BCUT2D eigenvalue weighted by Gasteiger charge is 2.06. The third-order valence-electron chi connectivity index (χ3n) is 0.821. The van der Waals surface area contributed by atoms with Crippen LogP contribution in [0.15, 0.2) is 0 Å². The fourth-order valence-corrected chi connectivity index (χ4v) is 0.382. The Labute approximate surface area is 55.0 Å². The molecule has 0 atom stereocenters. The molecule has 4 nitrogen and oxygen atoms in total. The van der Waals surface area contributed by atoms with Gasteiger partial charge in [-0.15, -0.1) is 0 Å². The van der Waals surface area contributed by atoms with Gasteiger partial charge in [0.15, 0.2) is 0 Å². The van der Waals surface area contributed by atoms with Crippen LogP contribution in [-0.2, 0) is 4.76 Å². The van der Waals surface area contributed by atoms with Gasteiger partial charge in [-0.2, -0.15) is 0 Å². The van der Waals surface area contributed by atoms with Crippen molar-refractivity contribution in [3.05, 3.63) is 0 Å². The fraction of sp³-hybridized carbons (Fsp3) is 1.00. The van der Waals surface area contributed by atoms with Crippen LogP contribution >= 0.6 is 0 Å². The van der Waals surface area contributed by atoms with Crippen LogP contribution in [-0.4, -0.2) is 23.9 Å². The van der Waals surface area contributed by atoms with E-state index in [0.29, 0.717) is 6.54 Å². The molecule has 0 aromatic heterocycles. The number of hydrogen-bond acceptors (Lipinski definition) is 4. The third-order valence-corrected chi connectivity index (χ3v) is 0.821. The van der Waals surface area contributed by atoms with Gasteiger partial charge in [-0.3, -0.25) is 0 Å². The van der Waals surface area contributed by atoms with Gasteiger partial charge in [0.1, 0.15) is 0 Å². The average molecular weight is 133 g/mol. The second-order valence-electron chi connectivity index (χ2n) is 1.69. The van der Waals surface area contributed by atoms with E-state index in [1.807, 2.05) is 6.92 Å². The van der Waals surface area contributed by atoms with Crippen molar-refractivity contribution < 1.29 is 14.8 Å². The molecule has 0 bridgehead atoms. The Morgan fingerprint density at radius 3 is 2.67 bits per heavy atom. The summed E-state index contributed by atoms with van der Waals surface area (Å²) in [7, 11) is -1.71. The van der Waals surface area contributed by atoms with Crippen molar-refractivity contribution in [1.29, 1.82) is 0 Å². The van der Waals surface area contributed by atoms with E-state index in [0.717, 1.165) is 12.8 Å². The van der Waals surface area contributed by atoms with Gasteiger partial charge in [0, 0.05) is 6.54 Å². The van der Waals surface area contributed by atoms with Crippen LogP contribution in [0.3, 0.4) is 0 Å². The molecule has 0 aromatic carbocycles. The maximum Gasteiger partial charge on any atom is 0.651 e. The molecule has 3 N–H and O–H groups in total. The summed E-state index contributed by atoms with van der Waals surface area (Å²) in [5, 5.41) is 16.2. The van der Waals surface area contributed by atoms with E-state index in [9.17, 15) is 0 Å². The first kappa shape index (κ1) is 8.90. The van der Waals surface area contributed by atoms with Crippen LogP contribution < -0.4 is 5.48 Å². The molecule has 0 rings (SSSR count). The minimum atomic E-state index is -1.71. The van der Waals surface area contributed by atoms with E-state index in [-0.39, 0.29) is 0 Å². The highest BCUT2D eigenvalue weighted by atomic mass is 16.7. The molecule has 0 amide bonds. The summed E-state index contributed by atoms with van der Waals surface area (Å²) in [6.07, 6.45) is 2.02. The minimum absolute atomic E-state index is 0.647. The van der Waals surface area contributed by atoms with Crippen LogP contribution in [0.2, 0.25) is 0 Å². The average Bonchev–Trinajstić information content (AvgIpc) is 1.80. The zero-order valence-electron chi connectivity index (χ0n) is 5.50. The van der Waals surface area contributed by atoms with E-state index >= 15 is 0 Å². The van der Waals surface area contributed by atoms with Crippen molar-refractivity contribution in [2.45, 2.75) is 19.8 Å². The van der Waals surface area contributed by atoms with Crippen LogP contribution in [0.25, 0.3) is 0 Å². The summed E-state index contributed by atoms with van der Waals surface area (Å²) in [5.41, 5.74) is 2.39. The molecular weight excluding hydrogens is 121 g/mol. The molecule has 9 heavy (non-hydrogen) atoms. The summed E-state index contributed by atoms with van der Waals surface area (Å²) < 4.78 is 4.20. The van der Waals surface area contributed by atoms with E-state index in [1.165, 1.54) is 0 Å². The van der Waals surface area contributed by atoms with Gasteiger partial charge in [0.25, 0.3) is 0 Å². The Balaban J connectivity index is 2.75. The largest absolute Gasteiger partial charge is 0.651 e. The molecule has 0 unspecified atom stereocenters. The van der Waals surface area contributed by atoms with Gasteiger partial charge >= 0.3 is 7.32 Å². The Kier molecular flexibility index (Phi) is 5.97. The summed E-state index contributed by atoms with van der Waals surface area (Å²) >= 11 is 0. The fourth-order valence-electron chi connectivity index (χ4n) is 0.382. The lowest BCUT2D eigenvalue weighted by Crippen LogP contribution is -2.28. The SMILES string of the molecule is CCCCNOB(O)O. The van der Waals surface area contributed by atoms with Gasteiger partial charge in [-0.1, -0.05) is 13.3 Å². The second-order valence-corrected chi connectivity index (χ2v) is 1.69. The highest BCUT2D eigenvalue weighted by molar-refractivity contribution is 6.32. The van der Waals surface area contributed by atoms with Gasteiger partial charge in [0.05, 0.1) is 0 Å². The van der Waals surface area contributed by atoms with Crippen LogP contribution in [0.5, 0.6) is 0 Å². The number of nitrogens with one attached hydrogen (secondary N) is 1. The number of hydroxylamine groups is 1.